The molecule has 2 aliphatic heterocycles. The van der Waals surface area contributed by atoms with Crippen LogP contribution < -0.4 is 26.7 Å². The SMILES string of the molecule is CCNc1ccc2c(-c3ccccc3C(=O)N(C)CCCC(=O)NCC#Cc3cn([C@H]4CC[C@@H](COP(=O)(O)OP(=O)(O)OP(=O)(O)O)O4)c4ncnc(N)c34)c3ccc(=[NH+]CC)c(S(=O)(=O)O)c-3oc2c1S(=O)(=O)[O-]. The van der Waals surface area contributed by atoms with Gasteiger partial charge in [-0.3, -0.25) is 18.7 Å². The minimum absolute atomic E-state index is 0.0289. The molecule has 408 valence electrons. The Balaban J connectivity index is 1.04. The fraction of sp³-hybridized carbons (Fsp3) is 0.326. The van der Waals surface area contributed by atoms with Gasteiger partial charge in [0, 0.05) is 60.9 Å². The van der Waals surface area contributed by atoms with Crippen molar-refractivity contribution >= 4 is 89.0 Å². The van der Waals surface area contributed by atoms with E-state index in [4.69, 9.17) is 29.2 Å². The first-order valence-electron chi connectivity index (χ1n) is 22.6. The number of phosphoric ester groups is 1. The van der Waals surface area contributed by atoms with Gasteiger partial charge in [-0.05, 0) is 62.9 Å². The summed E-state index contributed by atoms with van der Waals surface area (Å²) in [5, 5.41) is 5.80. The molecule has 76 heavy (non-hydrogen) atoms. The van der Waals surface area contributed by atoms with E-state index in [0.29, 0.717) is 23.0 Å². The molecule has 4 heterocycles. The van der Waals surface area contributed by atoms with Gasteiger partial charge in [-0.2, -0.15) is 17.0 Å². The molecule has 2 aromatic carbocycles. The molecule has 0 bridgehead atoms. The van der Waals surface area contributed by atoms with Crippen molar-refractivity contribution in [1.82, 2.24) is 24.8 Å². The number of phosphoric acid groups is 3. The third-order valence-electron chi connectivity index (χ3n) is 11.4. The van der Waals surface area contributed by atoms with Crippen molar-refractivity contribution in [2.75, 3.05) is 50.9 Å². The Bertz CT molecular complexity index is 3740. The second-order valence-electron chi connectivity index (χ2n) is 16.6. The molecule has 7 rings (SSSR count). The van der Waals surface area contributed by atoms with Crippen LogP contribution in [0.4, 0.5) is 11.5 Å². The maximum Gasteiger partial charge on any atom is 0.490 e. The Labute approximate surface area is 432 Å². The number of benzene rings is 3. The van der Waals surface area contributed by atoms with Gasteiger partial charge < -0.3 is 59.1 Å². The third kappa shape index (κ3) is 13.4. The van der Waals surface area contributed by atoms with E-state index in [9.17, 15) is 59.0 Å². The van der Waals surface area contributed by atoms with Gasteiger partial charge in [-0.25, -0.2) is 37.1 Å². The van der Waals surface area contributed by atoms with Crippen molar-refractivity contribution < 1.29 is 96.1 Å². The molecule has 0 radical (unpaired) electrons. The lowest BCUT2D eigenvalue weighted by molar-refractivity contribution is -0.498. The van der Waals surface area contributed by atoms with Crippen molar-refractivity contribution in [2.24, 2.45) is 0 Å². The van der Waals surface area contributed by atoms with Gasteiger partial charge in [-0.15, -0.1) is 0 Å². The molecule has 3 aliphatic rings. The van der Waals surface area contributed by atoms with Gasteiger partial charge in [0.15, 0.2) is 11.3 Å². The number of hydrogen-bond acceptors (Lipinski definition) is 19. The van der Waals surface area contributed by atoms with Crippen LogP contribution in [0.3, 0.4) is 0 Å². The molecule has 0 saturated carbocycles. The van der Waals surface area contributed by atoms with Crippen LogP contribution in [0.15, 0.2) is 75.3 Å². The highest BCUT2D eigenvalue weighted by atomic mass is 32.2. The Hall–Kier alpha value is -5.96. The molecule has 1 fully saturated rings. The zero-order valence-corrected chi connectivity index (χ0v) is 44.5. The molecule has 2 aromatic heterocycles. The molecular weight excluding hydrogens is 1110 g/mol. The predicted molar refractivity (Wildman–Crippen MR) is 266 cm³/mol. The minimum atomic E-state index is -5.72. The molecule has 4 atom stereocenters. The molecular formula is C43H49N8O20P3S2. The molecule has 2 unspecified atom stereocenters. The van der Waals surface area contributed by atoms with Crippen LogP contribution >= 0.6 is 23.5 Å². The lowest BCUT2D eigenvalue weighted by Gasteiger charge is -2.23. The van der Waals surface area contributed by atoms with Crippen molar-refractivity contribution in [3.63, 3.8) is 0 Å². The van der Waals surface area contributed by atoms with Gasteiger partial charge in [0.2, 0.25) is 16.2 Å². The molecule has 0 spiro atoms. The number of rotatable bonds is 20. The number of amides is 2. The summed E-state index contributed by atoms with van der Waals surface area (Å²) in [6, 6.07) is 11.9. The first-order valence-corrected chi connectivity index (χ1v) is 30.0. The Morgan fingerprint density at radius 1 is 0.987 bits per heavy atom. The van der Waals surface area contributed by atoms with Crippen LogP contribution in [0, 0.1) is 11.8 Å². The number of hydrogen-bond donors (Lipinski definition) is 9. The van der Waals surface area contributed by atoms with Crippen LogP contribution in [0.5, 0.6) is 0 Å². The Kier molecular flexibility index (Phi) is 17.4. The van der Waals surface area contributed by atoms with Crippen LogP contribution in [0.1, 0.15) is 61.7 Å². The zero-order chi connectivity index (χ0) is 55.5. The number of ether oxygens (including phenoxy) is 1. The summed E-state index contributed by atoms with van der Waals surface area (Å²) in [7, 11) is -25.6. The quantitative estimate of drug-likeness (QED) is 0.0229. The highest BCUT2D eigenvalue weighted by Crippen LogP contribution is 2.66. The fourth-order valence-electron chi connectivity index (χ4n) is 8.38. The van der Waals surface area contributed by atoms with Crippen molar-refractivity contribution in [3.05, 3.63) is 77.5 Å². The number of fused-ring (bicyclic) bond motifs is 3. The van der Waals surface area contributed by atoms with Crippen molar-refractivity contribution in [3.8, 4) is 34.3 Å². The average Bonchev–Trinajstić information content (AvgIpc) is 3.99. The summed E-state index contributed by atoms with van der Waals surface area (Å²) in [5.74, 6) is 4.38. The summed E-state index contributed by atoms with van der Waals surface area (Å²) >= 11 is 0. The number of nitrogen functional groups attached to an aromatic ring is 1. The molecule has 4 aromatic rings. The monoisotopic (exact) mass is 1150 g/mol. The zero-order valence-electron chi connectivity index (χ0n) is 40.2. The standard InChI is InChI=1S/C43H49N8O20P3S2/c1-4-45-31-17-15-29-36(30-16-18-32(46-5-2)40(76(64,65)66)38(30)69-37(29)39(31)75(61,62)63)27-11-6-7-12-28(27)43(53)50(3)21-9-13-33(52)47-20-8-10-25-22-51(42-35(25)41(44)48-24-49-42)34-19-14-26(68-34)23-67-73(57,58)71-74(59,60)70-72(54,55)56/h6-7,11-12,15-18,22,24,26,34,45H,4-5,9,13-14,19-21,23H2,1-3H3,(H,47,52)(H,57,58)(H,59,60)(H2,44,48,49)(H2,54,55,56)(H,61,62,63)(H,64,65,66)/t26-,34+/m0/s1. The topological polar surface area (TPSA) is 426 Å². The summed E-state index contributed by atoms with van der Waals surface area (Å²) in [5.41, 5.74) is 6.60. The number of nitrogens with zero attached hydrogens (tertiary/aromatic N) is 4. The van der Waals surface area contributed by atoms with E-state index in [0.717, 1.165) is 0 Å². The molecule has 1 aliphatic carbocycles. The maximum atomic E-state index is 14.3. The number of aromatic nitrogens is 3. The first-order chi connectivity index (χ1) is 35.6. The van der Waals surface area contributed by atoms with E-state index < -0.39 is 95.6 Å². The van der Waals surface area contributed by atoms with E-state index in [2.05, 4.69) is 46.1 Å². The van der Waals surface area contributed by atoms with Gasteiger partial charge in [0.1, 0.15) is 45.6 Å². The average molecular weight is 1150 g/mol. The number of carbonyl (C=O) groups is 2. The van der Waals surface area contributed by atoms with Crippen molar-refractivity contribution in [1.29, 1.82) is 0 Å². The molecule has 2 amide bonds. The van der Waals surface area contributed by atoms with E-state index in [1.165, 1.54) is 48.6 Å². The highest BCUT2D eigenvalue weighted by molar-refractivity contribution is 7.86. The lowest BCUT2D eigenvalue weighted by atomic mass is 9.90. The largest absolute Gasteiger partial charge is 0.744 e. The highest BCUT2D eigenvalue weighted by Gasteiger charge is 2.42. The second-order valence-corrected chi connectivity index (χ2v) is 23.7. The smallest absolute Gasteiger partial charge is 0.490 e. The fourth-order valence-corrected chi connectivity index (χ4v) is 13.0. The van der Waals surface area contributed by atoms with Crippen LogP contribution in [-0.2, 0) is 56.6 Å². The number of carbonyl (C=O) groups excluding carboxylic acids is 2. The van der Waals surface area contributed by atoms with E-state index in [-0.39, 0.29) is 89.9 Å². The maximum absolute atomic E-state index is 14.3. The van der Waals surface area contributed by atoms with Crippen LogP contribution in [-0.4, -0.2) is 123 Å². The first kappa shape index (κ1) is 57.7. The summed E-state index contributed by atoms with van der Waals surface area (Å²) in [6.07, 6.45) is 1.76. The van der Waals surface area contributed by atoms with Crippen LogP contribution in [0.2, 0.25) is 0 Å². The van der Waals surface area contributed by atoms with Gasteiger partial charge in [0.05, 0.1) is 35.9 Å². The summed E-state index contributed by atoms with van der Waals surface area (Å²) in [4.78, 5) is 75.0. The Morgan fingerprint density at radius 3 is 2.41 bits per heavy atom. The van der Waals surface area contributed by atoms with Crippen molar-refractivity contribution in [2.45, 2.75) is 61.7 Å². The van der Waals surface area contributed by atoms with E-state index >= 15 is 0 Å². The number of anilines is 2. The summed E-state index contributed by atoms with van der Waals surface area (Å²) in [6.45, 7) is 2.99. The predicted octanol–water partition coefficient (Wildman–Crippen LogP) is 2.16. The third-order valence-corrected chi connectivity index (χ3v) is 17.0. The lowest BCUT2D eigenvalue weighted by Crippen LogP contribution is -2.76. The second kappa shape index (κ2) is 22.9. The number of nitrogens with two attached hydrogens (primary N) is 1. The number of nitrogens with one attached hydrogen (secondary N) is 3. The normalized spacial score (nSPS) is 17.0. The molecule has 10 N–H and O–H groups in total. The van der Waals surface area contributed by atoms with Gasteiger partial charge in [0.25, 0.3) is 5.91 Å². The molecule has 33 heteroatoms. The summed E-state index contributed by atoms with van der Waals surface area (Å²) < 4.78 is 136. The molecule has 1 saturated heterocycles. The molecule has 28 nitrogen and oxygen atoms in total. The van der Waals surface area contributed by atoms with E-state index in [1.807, 2.05) is 0 Å². The van der Waals surface area contributed by atoms with Gasteiger partial charge in [-0.1, -0.05) is 30.0 Å². The van der Waals surface area contributed by atoms with E-state index in [1.54, 1.807) is 42.8 Å². The van der Waals surface area contributed by atoms with Gasteiger partial charge >= 0.3 is 33.6 Å². The van der Waals surface area contributed by atoms with Crippen LogP contribution in [0.25, 0.3) is 44.5 Å². The Morgan fingerprint density at radius 2 is 1.72 bits per heavy atom. The minimum Gasteiger partial charge on any atom is -0.744 e.